The molecule has 0 saturated heterocycles. The Hall–Kier alpha value is -1.32. The van der Waals surface area contributed by atoms with Crippen LogP contribution in [0.5, 0.6) is 5.75 Å². The second-order valence-electron chi connectivity index (χ2n) is 4.18. The number of ether oxygens (including phenoxy) is 1. The Labute approximate surface area is 122 Å². The van der Waals surface area contributed by atoms with Crippen molar-refractivity contribution < 1.29 is 9.53 Å². The molecule has 2 aromatic rings. The lowest BCUT2D eigenvalue weighted by atomic mass is 10.2. The van der Waals surface area contributed by atoms with Gasteiger partial charge in [0.25, 0.3) is 0 Å². The van der Waals surface area contributed by atoms with Crippen LogP contribution >= 0.6 is 22.9 Å². The number of hydrogen-bond donors (Lipinski definition) is 0. The summed E-state index contributed by atoms with van der Waals surface area (Å²) in [6, 6.07) is 11.2. The maximum Gasteiger partial charge on any atom is 0.175 e. The molecular formula is C15H15ClO2S. The minimum Gasteiger partial charge on any atom is -0.486 e. The van der Waals surface area contributed by atoms with Crippen molar-refractivity contribution in [1.29, 1.82) is 0 Å². The number of hydrogen-bond acceptors (Lipinski definition) is 3. The van der Waals surface area contributed by atoms with Gasteiger partial charge in [-0.3, -0.25) is 4.79 Å². The molecule has 0 spiro atoms. The Kier molecular flexibility index (Phi) is 5.00. The zero-order chi connectivity index (χ0) is 13.7. The number of carbonyl (C=O) groups excluding carboxylic acids is 1. The Morgan fingerprint density at radius 2 is 2.05 bits per heavy atom. The van der Waals surface area contributed by atoms with Crippen LogP contribution in [0.15, 0.2) is 36.4 Å². The van der Waals surface area contributed by atoms with E-state index in [2.05, 4.69) is 13.0 Å². The molecule has 0 bridgehead atoms. The second-order valence-corrected chi connectivity index (χ2v) is 5.87. The van der Waals surface area contributed by atoms with Gasteiger partial charge in [0.1, 0.15) is 12.4 Å². The van der Waals surface area contributed by atoms with Crippen molar-refractivity contribution in [2.75, 3.05) is 6.61 Å². The smallest absolute Gasteiger partial charge is 0.175 e. The molecular weight excluding hydrogens is 280 g/mol. The molecule has 2 nitrogen and oxygen atoms in total. The van der Waals surface area contributed by atoms with Crippen molar-refractivity contribution in [3.63, 3.8) is 0 Å². The van der Waals surface area contributed by atoms with Gasteiger partial charge in [-0.15, -0.1) is 11.3 Å². The van der Waals surface area contributed by atoms with E-state index in [0.29, 0.717) is 17.2 Å². The number of carbonyl (C=O) groups is 1. The molecule has 0 unspecified atom stereocenters. The van der Waals surface area contributed by atoms with Crippen molar-refractivity contribution in [3.8, 4) is 5.75 Å². The van der Waals surface area contributed by atoms with Crippen molar-refractivity contribution in [1.82, 2.24) is 0 Å². The molecule has 0 atom stereocenters. The molecule has 1 aromatic heterocycles. The highest BCUT2D eigenvalue weighted by atomic mass is 35.5. The largest absolute Gasteiger partial charge is 0.486 e. The van der Waals surface area contributed by atoms with E-state index >= 15 is 0 Å². The minimum absolute atomic E-state index is 0.0736. The lowest BCUT2D eigenvalue weighted by Crippen LogP contribution is -2.13. The molecule has 0 aliphatic carbocycles. The number of rotatable bonds is 6. The van der Waals surface area contributed by atoms with Gasteiger partial charge in [-0.1, -0.05) is 24.6 Å². The first-order valence-electron chi connectivity index (χ1n) is 6.15. The average molecular weight is 295 g/mol. The SMILES string of the molecule is CCc1ccc(CC(=O)COc2cccc(Cl)c2)s1. The monoisotopic (exact) mass is 294 g/mol. The van der Waals surface area contributed by atoms with Crippen LogP contribution < -0.4 is 4.74 Å². The fourth-order valence-corrected chi connectivity index (χ4v) is 2.84. The molecule has 0 saturated carbocycles. The molecule has 0 fully saturated rings. The van der Waals surface area contributed by atoms with E-state index in [0.717, 1.165) is 11.3 Å². The number of Topliss-reactive ketones (excluding diaryl/α,β-unsaturated/α-hetero) is 1. The summed E-state index contributed by atoms with van der Waals surface area (Å²) in [5.41, 5.74) is 0. The summed E-state index contributed by atoms with van der Waals surface area (Å²) in [7, 11) is 0. The summed E-state index contributed by atoms with van der Waals surface area (Å²) in [4.78, 5) is 14.2. The van der Waals surface area contributed by atoms with Gasteiger partial charge in [-0.25, -0.2) is 0 Å². The molecule has 4 heteroatoms. The van der Waals surface area contributed by atoms with Gasteiger partial charge in [0.05, 0.1) is 0 Å². The third kappa shape index (κ3) is 4.37. The summed E-state index contributed by atoms with van der Waals surface area (Å²) in [5, 5.41) is 0.607. The summed E-state index contributed by atoms with van der Waals surface area (Å²) in [5.74, 6) is 0.700. The maximum atomic E-state index is 11.8. The number of halogens is 1. The van der Waals surface area contributed by atoms with Gasteiger partial charge in [0, 0.05) is 21.2 Å². The van der Waals surface area contributed by atoms with Gasteiger partial charge in [-0.2, -0.15) is 0 Å². The summed E-state index contributed by atoms with van der Waals surface area (Å²) < 4.78 is 5.42. The number of benzene rings is 1. The topological polar surface area (TPSA) is 26.3 Å². The molecule has 0 aliphatic rings. The third-order valence-electron chi connectivity index (χ3n) is 2.63. The van der Waals surface area contributed by atoms with Crippen LogP contribution in [0.25, 0.3) is 0 Å². The maximum absolute atomic E-state index is 11.8. The van der Waals surface area contributed by atoms with Crippen LogP contribution in [-0.2, 0) is 17.6 Å². The molecule has 100 valence electrons. The predicted octanol–water partition coefficient (Wildman–Crippen LogP) is 4.15. The van der Waals surface area contributed by atoms with E-state index in [4.69, 9.17) is 16.3 Å². The molecule has 19 heavy (non-hydrogen) atoms. The third-order valence-corrected chi connectivity index (χ3v) is 4.10. The standard InChI is InChI=1S/C15H15ClO2S/c1-2-14-6-7-15(19-14)9-12(17)10-18-13-5-3-4-11(16)8-13/h3-8H,2,9-10H2,1H3. The van der Waals surface area contributed by atoms with E-state index in [1.165, 1.54) is 4.88 Å². The number of aryl methyl sites for hydroxylation is 1. The molecule has 0 N–H and O–H groups in total. The Morgan fingerprint density at radius 3 is 2.74 bits per heavy atom. The van der Waals surface area contributed by atoms with Crippen LogP contribution in [0.4, 0.5) is 0 Å². The van der Waals surface area contributed by atoms with Gasteiger partial charge in [0.2, 0.25) is 0 Å². The molecule has 1 aromatic carbocycles. The molecule has 0 radical (unpaired) electrons. The number of ketones is 1. The van der Waals surface area contributed by atoms with Gasteiger partial charge < -0.3 is 4.74 Å². The van der Waals surface area contributed by atoms with E-state index in [1.807, 2.05) is 6.07 Å². The van der Waals surface area contributed by atoms with E-state index < -0.39 is 0 Å². The Balaban J connectivity index is 1.84. The lowest BCUT2D eigenvalue weighted by molar-refractivity contribution is -0.120. The Bertz CT molecular complexity index is 563. The van der Waals surface area contributed by atoms with E-state index in [-0.39, 0.29) is 12.4 Å². The highest BCUT2D eigenvalue weighted by Crippen LogP contribution is 2.19. The molecule has 2 rings (SSSR count). The van der Waals surface area contributed by atoms with Crippen molar-refractivity contribution >= 4 is 28.7 Å². The lowest BCUT2D eigenvalue weighted by Gasteiger charge is -2.05. The van der Waals surface area contributed by atoms with Crippen LogP contribution in [0.1, 0.15) is 16.7 Å². The summed E-state index contributed by atoms with van der Waals surface area (Å²) in [6.07, 6.45) is 1.45. The van der Waals surface area contributed by atoms with Crippen LogP contribution in [0, 0.1) is 0 Å². The minimum atomic E-state index is 0.0736. The quantitative estimate of drug-likeness (QED) is 0.800. The van der Waals surface area contributed by atoms with E-state index in [9.17, 15) is 4.79 Å². The first-order valence-corrected chi connectivity index (χ1v) is 7.34. The van der Waals surface area contributed by atoms with Crippen molar-refractivity contribution in [2.45, 2.75) is 19.8 Å². The van der Waals surface area contributed by atoms with E-state index in [1.54, 1.807) is 35.6 Å². The van der Waals surface area contributed by atoms with Crippen molar-refractivity contribution in [2.24, 2.45) is 0 Å². The Morgan fingerprint density at radius 1 is 1.26 bits per heavy atom. The second kappa shape index (κ2) is 6.73. The highest BCUT2D eigenvalue weighted by molar-refractivity contribution is 7.12. The highest BCUT2D eigenvalue weighted by Gasteiger charge is 2.07. The normalized spacial score (nSPS) is 10.4. The van der Waals surface area contributed by atoms with Crippen molar-refractivity contribution in [3.05, 3.63) is 51.2 Å². The fraction of sp³-hybridized carbons (Fsp3) is 0.267. The van der Waals surface area contributed by atoms with Gasteiger partial charge >= 0.3 is 0 Å². The van der Waals surface area contributed by atoms with Crippen LogP contribution in [-0.4, -0.2) is 12.4 Å². The molecule has 1 heterocycles. The molecule has 0 aliphatic heterocycles. The predicted molar refractivity (Wildman–Crippen MR) is 79.4 cm³/mol. The summed E-state index contributed by atoms with van der Waals surface area (Å²) in [6.45, 7) is 2.19. The first-order chi connectivity index (χ1) is 9.17. The molecule has 0 amide bonds. The zero-order valence-electron chi connectivity index (χ0n) is 10.7. The average Bonchev–Trinajstić information content (AvgIpc) is 2.84. The zero-order valence-corrected chi connectivity index (χ0v) is 12.3. The van der Waals surface area contributed by atoms with Crippen LogP contribution in [0.2, 0.25) is 5.02 Å². The van der Waals surface area contributed by atoms with Gasteiger partial charge in [-0.05, 0) is 36.8 Å². The first kappa shape index (κ1) is 14.1. The fourth-order valence-electron chi connectivity index (χ4n) is 1.67. The summed E-state index contributed by atoms with van der Waals surface area (Å²) >= 11 is 7.53. The van der Waals surface area contributed by atoms with Crippen LogP contribution in [0.3, 0.4) is 0 Å². The number of thiophene rings is 1. The van der Waals surface area contributed by atoms with Gasteiger partial charge in [0.15, 0.2) is 5.78 Å².